The van der Waals surface area contributed by atoms with Gasteiger partial charge in [-0.1, -0.05) is 11.3 Å². The van der Waals surface area contributed by atoms with Crippen molar-refractivity contribution in [3.05, 3.63) is 49.6 Å². The van der Waals surface area contributed by atoms with E-state index < -0.39 is 0 Å². The molecule has 0 fully saturated rings. The predicted octanol–water partition coefficient (Wildman–Crippen LogP) is 4.05. The summed E-state index contributed by atoms with van der Waals surface area (Å²) in [4.78, 5) is 17.6. The number of carbonyl (C=O) groups excluding carboxylic acids is 1. The topological polar surface area (TPSA) is 43.6 Å². The Morgan fingerprint density at radius 3 is 2.87 bits per heavy atom. The molecule has 0 atom stereocenters. The van der Waals surface area contributed by atoms with Gasteiger partial charge in [-0.05, 0) is 46.3 Å². The summed E-state index contributed by atoms with van der Waals surface area (Å²) in [5, 5.41) is 0. The quantitative estimate of drug-likeness (QED) is 0.645. The lowest BCUT2D eigenvalue weighted by atomic mass is 10.3. The van der Waals surface area contributed by atoms with Crippen LogP contribution in [-0.4, -0.2) is 24.2 Å². The molecule has 0 radical (unpaired) electrons. The van der Waals surface area contributed by atoms with Gasteiger partial charge >= 0.3 is 0 Å². The van der Waals surface area contributed by atoms with Crippen molar-refractivity contribution in [2.75, 3.05) is 13.7 Å². The number of carbonyl (C=O) groups is 1. The maximum absolute atomic E-state index is 13.4. The molecule has 1 aromatic carbocycles. The summed E-state index contributed by atoms with van der Waals surface area (Å²) in [6.45, 7) is 1.03. The molecule has 0 saturated heterocycles. The Morgan fingerprint density at radius 1 is 1.35 bits per heavy atom. The van der Waals surface area contributed by atoms with Crippen molar-refractivity contribution >= 4 is 54.7 Å². The third-order valence-electron chi connectivity index (χ3n) is 3.14. The lowest BCUT2D eigenvalue weighted by molar-refractivity contribution is 0.100. The fourth-order valence-electron chi connectivity index (χ4n) is 2.10. The first-order chi connectivity index (χ1) is 11.1. The molecule has 0 saturated carbocycles. The van der Waals surface area contributed by atoms with Gasteiger partial charge in [0.15, 0.2) is 4.80 Å². The summed E-state index contributed by atoms with van der Waals surface area (Å²) in [6.07, 6.45) is 0. The van der Waals surface area contributed by atoms with E-state index in [0.717, 1.165) is 14.0 Å². The number of thiophene rings is 1. The highest BCUT2D eigenvalue weighted by Gasteiger charge is 2.11. The van der Waals surface area contributed by atoms with Crippen molar-refractivity contribution in [2.24, 2.45) is 4.99 Å². The second kappa shape index (κ2) is 7.04. The van der Waals surface area contributed by atoms with Gasteiger partial charge in [-0.25, -0.2) is 4.39 Å². The Bertz CT molecular complexity index is 929. The third kappa shape index (κ3) is 3.60. The smallest absolute Gasteiger partial charge is 0.289 e. The Kier molecular flexibility index (Phi) is 5.05. The Balaban J connectivity index is 2.11. The molecule has 2 heterocycles. The summed E-state index contributed by atoms with van der Waals surface area (Å²) in [5.74, 6) is -0.614. The highest BCUT2D eigenvalue weighted by molar-refractivity contribution is 9.11. The predicted molar refractivity (Wildman–Crippen MR) is 93.6 cm³/mol. The average Bonchev–Trinajstić information content (AvgIpc) is 3.08. The lowest BCUT2D eigenvalue weighted by Gasteiger charge is -2.03. The molecule has 0 spiro atoms. The number of benzene rings is 1. The number of nitrogens with zero attached hydrogens (tertiary/aromatic N) is 2. The summed E-state index contributed by atoms with van der Waals surface area (Å²) < 4.78 is 22.1. The van der Waals surface area contributed by atoms with Gasteiger partial charge in [-0.15, -0.1) is 11.3 Å². The molecule has 3 rings (SSSR count). The summed E-state index contributed by atoms with van der Waals surface area (Å²) in [6, 6.07) is 8.09. The van der Waals surface area contributed by atoms with Crippen molar-refractivity contribution < 1.29 is 13.9 Å². The number of aromatic nitrogens is 1. The van der Waals surface area contributed by atoms with E-state index in [4.69, 9.17) is 4.74 Å². The summed E-state index contributed by atoms with van der Waals surface area (Å²) in [7, 11) is 1.61. The van der Waals surface area contributed by atoms with E-state index in [0.29, 0.717) is 22.8 Å². The fraction of sp³-hybridized carbons (Fsp3) is 0.200. The number of thiazole rings is 1. The normalized spacial score (nSPS) is 12.2. The monoisotopic (exact) mass is 414 g/mol. The molecule has 23 heavy (non-hydrogen) atoms. The number of hydrogen-bond acceptors (Lipinski definition) is 4. The molecule has 0 unspecified atom stereocenters. The van der Waals surface area contributed by atoms with Crippen molar-refractivity contribution in [2.45, 2.75) is 6.54 Å². The summed E-state index contributed by atoms with van der Waals surface area (Å²) >= 11 is 5.96. The van der Waals surface area contributed by atoms with Gasteiger partial charge in [0.2, 0.25) is 0 Å². The van der Waals surface area contributed by atoms with Crippen molar-refractivity contribution in [1.82, 2.24) is 4.57 Å². The van der Waals surface area contributed by atoms with E-state index in [1.54, 1.807) is 19.2 Å². The standard InChI is InChI=1S/C15H12BrFN2O2S2/c1-21-7-6-19-10-3-2-9(17)8-12(10)23-15(19)18-14(20)11-4-5-13(16)22-11/h2-5,8H,6-7H2,1H3. The minimum absolute atomic E-state index is 0.307. The minimum atomic E-state index is -0.308. The van der Waals surface area contributed by atoms with Crippen LogP contribution in [0.15, 0.2) is 39.1 Å². The highest BCUT2D eigenvalue weighted by Crippen LogP contribution is 2.23. The van der Waals surface area contributed by atoms with Gasteiger partial charge < -0.3 is 9.30 Å². The average molecular weight is 415 g/mol. The zero-order valence-corrected chi connectivity index (χ0v) is 15.3. The van der Waals surface area contributed by atoms with E-state index in [1.807, 2.05) is 10.6 Å². The maximum Gasteiger partial charge on any atom is 0.289 e. The van der Waals surface area contributed by atoms with Crippen LogP contribution in [0.5, 0.6) is 0 Å². The number of fused-ring (bicyclic) bond motifs is 1. The van der Waals surface area contributed by atoms with E-state index in [-0.39, 0.29) is 11.7 Å². The Morgan fingerprint density at radius 2 is 2.17 bits per heavy atom. The Hall–Kier alpha value is -1.35. The minimum Gasteiger partial charge on any atom is -0.383 e. The van der Waals surface area contributed by atoms with E-state index >= 15 is 0 Å². The van der Waals surface area contributed by atoms with Gasteiger partial charge in [0.25, 0.3) is 5.91 Å². The first-order valence-corrected chi connectivity index (χ1v) is 9.13. The second-order valence-electron chi connectivity index (χ2n) is 4.66. The first kappa shape index (κ1) is 16.5. The molecule has 0 aliphatic rings. The van der Waals surface area contributed by atoms with Gasteiger partial charge in [-0.3, -0.25) is 4.79 Å². The van der Waals surface area contributed by atoms with Crippen LogP contribution in [0.25, 0.3) is 10.2 Å². The number of methoxy groups -OCH3 is 1. The molecule has 0 N–H and O–H groups in total. The molecular weight excluding hydrogens is 403 g/mol. The number of halogens is 2. The van der Waals surface area contributed by atoms with Crippen LogP contribution in [0.4, 0.5) is 4.39 Å². The van der Waals surface area contributed by atoms with Gasteiger partial charge in [-0.2, -0.15) is 4.99 Å². The largest absolute Gasteiger partial charge is 0.383 e. The van der Waals surface area contributed by atoms with Crippen LogP contribution in [0.3, 0.4) is 0 Å². The maximum atomic E-state index is 13.4. The van der Waals surface area contributed by atoms with Gasteiger partial charge in [0, 0.05) is 13.7 Å². The number of rotatable bonds is 4. The third-order valence-corrected chi connectivity index (χ3v) is 5.80. The SMILES string of the molecule is COCCn1c(=NC(=O)c2ccc(Br)s2)sc2cc(F)ccc21. The molecular formula is C15H12BrFN2O2S2. The molecule has 4 nitrogen and oxygen atoms in total. The molecule has 3 aromatic rings. The van der Waals surface area contributed by atoms with Crippen molar-refractivity contribution in [3.63, 3.8) is 0 Å². The van der Waals surface area contributed by atoms with Crippen molar-refractivity contribution in [3.8, 4) is 0 Å². The van der Waals surface area contributed by atoms with Gasteiger partial charge in [0.1, 0.15) is 5.82 Å². The summed E-state index contributed by atoms with van der Waals surface area (Å²) in [5.41, 5.74) is 0.840. The zero-order chi connectivity index (χ0) is 16.4. The van der Waals surface area contributed by atoms with Crippen LogP contribution in [0.2, 0.25) is 0 Å². The van der Waals surface area contributed by atoms with Crippen LogP contribution < -0.4 is 4.80 Å². The van der Waals surface area contributed by atoms with Crippen LogP contribution >= 0.6 is 38.6 Å². The second-order valence-corrected chi connectivity index (χ2v) is 8.13. The molecule has 2 aromatic heterocycles. The number of hydrogen-bond donors (Lipinski definition) is 0. The molecule has 0 aliphatic carbocycles. The fourth-order valence-corrected chi connectivity index (χ4v) is 4.45. The van der Waals surface area contributed by atoms with Crippen LogP contribution in [-0.2, 0) is 11.3 Å². The first-order valence-electron chi connectivity index (χ1n) is 6.70. The molecule has 0 bridgehead atoms. The van der Waals surface area contributed by atoms with Crippen molar-refractivity contribution in [1.29, 1.82) is 0 Å². The molecule has 0 aliphatic heterocycles. The number of amides is 1. The van der Waals surface area contributed by atoms with Crippen LogP contribution in [0.1, 0.15) is 9.67 Å². The van der Waals surface area contributed by atoms with Crippen LogP contribution in [0, 0.1) is 5.82 Å². The van der Waals surface area contributed by atoms with E-state index in [2.05, 4.69) is 20.9 Å². The molecule has 120 valence electrons. The number of ether oxygens (including phenoxy) is 1. The van der Waals surface area contributed by atoms with E-state index in [9.17, 15) is 9.18 Å². The van der Waals surface area contributed by atoms with E-state index in [1.165, 1.54) is 34.8 Å². The molecule has 8 heteroatoms. The van der Waals surface area contributed by atoms with Gasteiger partial charge in [0.05, 0.1) is 25.5 Å². The molecule has 1 amide bonds. The lowest BCUT2D eigenvalue weighted by Crippen LogP contribution is -2.19. The highest BCUT2D eigenvalue weighted by atomic mass is 79.9. The zero-order valence-electron chi connectivity index (χ0n) is 12.1. The Labute approximate surface area is 148 Å².